The van der Waals surface area contributed by atoms with Crippen molar-refractivity contribution in [2.24, 2.45) is 0 Å². The van der Waals surface area contributed by atoms with Gasteiger partial charge >= 0.3 is 0 Å². The van der Waals surface area contributed by atoms with Crippen LogP contribution in [0.5, 0.6) is 0 Å². The van der Waals surface area contributed by atoms with Gasteiger partial charge in [-0.15, -0.1) is 11.3 Å². The fourth-order valence-electron chi connectivity index (χ4n) is 1.08. The van der Waals surface area contributed by atoms with Crippen molar-refractivity contribution in [2.75, 3.05) is 0 Å². The Morgan fingerprint density at radius 3 is 2.94 bits per heavy atom. The van der Waals surface area contributed by atoms with Gasteiger partial charge in [-0.2, -0.15) is 0 Å². The average molecular weight is 247 g/mol. The number of hydrogen-bond donors (Lipinski definition) is 0. The Hall–Kier alpha value is -1.39. The molecule has 0 aliphatic heterocycles. The third-order valence-electron chi connectivity index (χ3n) is 1.81. The molecule has 0 aliphatic rings. The molecule has 0 unspecified atom stereocenters. The molecule has 2 aromatic heterocycles. The highest BCUT2D eigenvalue weighted by atomic mass is 32.2. The lowest BCUT2D eigenvalue weighted by atomic mass is 10.3. The van der Waals surface area contributed by atoms with Gasteiger partial charge in [0.25, 0.3) is 0 Å². The largest absolute Gasteiger partial charge is 0.288 e. The smallest absolute Gasteiger partial charge is 0.196 e. The normalized spacial score (nSPS) is 10.8. The lowest BCUT2D eigenvalue weighted by molar-refractivity contribution is 0.105. The molecule has 2 heterocycles. The van der Waals surface area contributed by atoms with Gasteiger partial charge in [-0.1, -0.05) is 23.9 Å². The Bertz CT molecular complexity index is 477. The summed E-state index contributed by atoms with van der Waals surface area (Å²) < 4.78 is 0. The summed E-state index contributed by atoms with van der Waals surface area (Å²) in [7, 11) is 0. The van der Waals surface area contributed by atoms with Crippen LogP contribution in [0.25, 0.3) is 0 Å². The lowest BCUT2D eigenvalue weighted by Crippen LogP contribution is -1.87. The van der Waals surface area contributed by atoms with Crippen LogP contribution in [0.4, 0.5) is 0 Å². The van der Waals surface area contributed by atoms with Gasteiger partial charge in [0, 0.05) is 6.20 Å². The summed E-state index contributed by atoms with van der Waals surface area (Å²) in [6.45, 7) is 0. The van der Waals surface area contributed by atoms with E-state index in [-0.39, 0.29) is 5.78 Å². The maximum Gasteiger partial charge on any atom is 0.196 e. The summed E-state index contributed by atoms with van der Waals surface area (Å²) in [5, 5.41) is 4.55. The quantitative estimate of drug-likeness (QED) is 0.469. The molecule has 0 amide bonds. The third-order valence-corrected chi connectivity index (χ3v) is 3.45. The van der Waals surface area contributed by atoms with Gasteiger partial charge in [0.05, 0.1) is 4.88 Å². The second-order valence-electron chi connectivity index (χ2n) is 2.93. The van der Waals surface area contributed by atoms with Crippen molar-refractivity contribution in [3.05, 3.63) is 58.3 Å². The molecule has 0 N–H and O–H groups in total. The van der Waals surface area contributed by atoms with Gasteiger partial charge in [-0.3, -0.25) is 4.79 Å². The summed E-state index contributed by atoms with van der Waals surface area (Å²) in [5.41, 5.74) is 0. The Morgan fingerprint density at radius 2 is 2.25 bits per heavy atom. The van der Waals surface area contributed by atoms with E-state index in [2.05, 4.69) is 4.98 Å². The number of allylic oxidation sites excluding steroid dienone is 1. The number of carbonyl (C=O) groups excluding carboxylic acids is 1. The molecule has 0 saturated heterocycles. The molecule has 2 aromatic rings. The molecule has 0 atom stereocenters. The third kappa shape index (κ3) is 3.05. The first-order valence-corrected chi connectivity index (χ1v) is 6.44. The maximum atomic E-state index is 11.6. The minimum atomic E-state index is 0.0402. The number of thiophene rings is 1. The van der Waals surface area contributed by atoms with Crippen molar-refractivity contribution in [1.29, 1.82) is 0 Å². The van der Waals surface area contributed by atoms with E-state index in [1.807, 2.05) is 35.7 Å². The van der Waals surface area contributed by atoms with Gasteiger partial charge < -0.3 is 0 Å². The number of rotatable bonds is 4. The summed E-state index contributed by atoms with van der Waals surface area (Å²) >= 11 is 2.89. The van der Waals surface area contributed by atoms with Gasteiger partial charge in [0.15, 0.2) is 5.78 Å². The van der Waals surface area contributed by atoms with Crippen LogP contribution in [0.15, 0.2) is 58.4 Å². The number of ketones is 1. The highest BCUT2D eigenvalue weighted by Gasteiger charge is 2.01. The Morgan fingerprint density at radius 1 is 1.31 bits per heavy atom. The topological polar surface area (TPSA) is 30.0 Å². The minimum Gasteiger partial charge on any atom is -0.288 e. The zero-order valence-electron chi connectivity index (χ0n) is 8.37. The fourth-order valence-corrected chi connectivity index (χ4v) is 2.34. The summed E-state index contributed by atoms with van der Waals surface area (Å²) in [6, 6.07) is 9.39. The van der Waals surface area contributed by atoms with E-state index in [9.17, 15) is 4.79 Å². The van der Waals surface area contributed by atoms with E-state index in [0.29, 0.717) is 0 Å². The number of hydrogen-bond acceptors (Lipinski definition) is 4. The van der Waals surface area contributed by atoms with Gasteiger partial charge in [0.2, 0.25) is 0 Å². The van der Waals surface area contributed by atoms with Crippen LogP contribution in [0.2, 0.25) is 0 Å². The van der Waals surface area contributed by atoms with E-state index in [1.54, 1.807) is 17.7 Å². The molecular weight excluding hydrogens is 238 g/mol. The molecule has 0 radical (unpaired) electrons. The van der Waals surface area contributed by atoms with Crippen LogP contribution < -0.4 is 0 Å². The number of carbonyl (C=O) groups is 1. The van der Waals surface area contributed by atoms with Crippen LogP contribution in [-0.4, -0.2) is 10.8 Å². The van der Waals surface area contributed by atoms with Crippen LogP contribution in [0.3, 0.4) is 0 Å². The van der Waals surface area contributed by atoms with Crippen molar-refractivity contribution in [2.45, 2.75) is 5.03 Å². The lowest BCUT2D eigenvalue weighted by Gasteiger charge is -1.92. The standard InChI is InChI=1S/C12H9NOS2/c14-10(11-4-3-8-15-11)6-9-16-12-5-1-2-7-13-12/h1-9H. The SMILES string of the molecule is O=C(C=CSc1ccccn1)c1cccs1. The molecule has 0 fully saturated rings. The van der Waals surface area contributed by atoms with Crippen molar-refractivity contribution in [1.82, 2.24) is 4.98 Å². The van der Waals surface area contributed by atoms with E-state index in [4.69, 9.17) is 0 Å². The van der Waals surface area contributed by atoms with Crippen LogP contribution in [-0.2, 0) is 0 Å². The number of aromatic nitrogens is 1. The fraction of sp³-hybridized carbons (Fsp3) is 0. The van der Waals surface area contributed by atoms with Crippen molar-refractivity contribution in [3.8, 4) is 0 Å². The molecule has 0 aromatic carbocycles. The van der Waals surface area contributed by atoms with Crippen molar-refractivity contribution >= 4 is 28.9 Å². The van der Waals surface area contributed by atoms with E-state index in [1.165, 1.54) is 23.1 Å². The number of pyridine rings is 1. The predicted molar refractivity (Wildman–Crippen MR) is 67.9 cm³/mol. The zero-order valence-corrected chi connectivity index (χ0v) is 10.0. The molecule has 0 saturated carbocycles. The number of nitrogens with zero attached hydrogens (tertiary/aromatic N) is 1. The molecular formula is C12H9NOS2. The van der Waals surface area contributed by atoms with Crippen molar-refractivity contribution < 1.29 is 4.79 Å². The van der Waals surface area contributed by atoms with E-state index in [0.717, 1.165) is 9.90 Å². The van der Waals surface area contributed by atoms with Crippen LogP contribution in [0.1, 0.15) is 9.67 Å². The van der Waals surface area contributed by atoms with Gasteiger partial charge in [0.1, 0.15) is 5.03 Å². The van der Waals surface area contributed by atoms with E-state index < -0.39 is 0 Å². The average Bonchev–Trinajstić information content (AvgIpc) is 2.84. The first-order chi connectivity index (χ1) is 7.86. The van der Waals surface area contributed by atoms with Crippen LogP contribution in [0, 0.1) is 0 Å². The first kappa shape index (κ1) is 11.1. The van der Waals surface area contributed by atoms with Crippen molar-refractivity contribution in [3.63, 3.8) is 0 Å². The highest BCUT2D eigenvalue weighted by Crippen LogP contribution is 2.16. The molecule has 16 heavy (non-hydrogen) atoms. The van der Waals surface area contributed by atoms with E-state index >= 15 is 0 Å². The zero-order chi connectivity index (χ0) is 11.2. The second kappa shape index (κ2) is 5.63. The monoisotopic (exact) mass is 247 g/mol. The molecule has 0 aliphatic carbocycles. The first-order valence-electron chi connectivity index (χ1n) is 4.68. The predicted octanol–water partition coefficient (Wildman–Crippen LogP) is 3.63. The molecule has 2 nitrogen and oxygen atoms in total. The molecule has 2 rings (SSSR count). The Kier molecular flexibility index (Phi) is 3.91. The molecule has 0 spiro atoms. The number of thioether (sulfide) groups is 1. The van der Waals surface area contributed by atoms with Gasteiger partial charge in [-0.05, 0) is 35.1 Å². The molecule has 80 valence electrons. The second-order valence-corrected chi connectivity index (χ2v) is 4.80. The Balaban J connectivity index is 1.93. The highest BCUT2D eigenvalue weighted by molar-refractivity contribution is 8.02. The van der Waals surface area contributed by atoms with Gasteiger partial charge in [-0.25, -0.2) is 4.98 Å². The summed E-state index contributed by atoms with van der Waals surface area (Å²) in [6.07, 6.45) is 3.31. The summed E-state index contributed by atoms with van der Waals surface area (Å²) in [5.74, 6) is 0.0402. The maximum absolute atomic E-state index is 11.6. The van der Waals surface area contributed by atoms with Crippen LogP contribution >= 0.6 is 23.1 Å². The molecule has 4 heteroatoms. The molecule has 0 bridgehead atoms. The Labute approximate surface area is 102 Å². The summed E-state index contributed by atoms with van der Waals surface area (Å²) in [4.78, 5) is 16.5. The minimum absolute atomic E-state index is 0.0402.